The fourth-order valence-electron chi connectivity index (χ4n) is 2.56. The topological polar surface area (TPSA) is 66.0 Å². The van der Waals surface area contributed by atoms with Crippen LogP contribution < -0.4 is 15.4 Å². The van der Waals surface area contributed by atoms with E-state index in [1.54, 1.807) is 12.1 Å². The molecule has 0 aromatic heterocycles. The van der Waals surface area contributed by atoms with Gasteiger partial charge < -0.3 is 20.3 Å². The molecule has 24 heavy (non-hydrogen) atoms. The van der Waals surface area contributed by atoms with E-state index in [-0.39, 0.29) is 18.2 Å². The smallest absolute Gasteiger partial charge is 0.241 e. The Hall–Kier alpha value is -2.31. The maximum absolute atomic E-state index is 13.7. The van der Waals surface area contributed by atoms with Gasteiger partial charge in [0, 0.05) is 19.6 Å². The molecule has 1 aromatic carbocycles. The molecule has 1 heterocycles. The quantitative estimate of drug-likeness (QED) is 0.610. The zero-order chi connectivity index (χ0) is 17.4. The van der Waals surface area contributed by atoms with Crippen molar-refractivity contribution in [1.82, 2.24) is 15.5 Å². The molecule has 0 radical (unpaired) electrons. The molecule has 1 fully saturated rings. The minimum atomic E-state index is -0.410. The van der Waals surface area contributed by atoms with Gasteiger partial charge in [-0.25, -0.2) is 9.38 Å². The highest BCUT2D eigenvalue weighted by Crippen LogP contribution is 2.18. The van der Waals surface area contributed by atoms with E-state index >= 15 is 0 Å². The molecule has 132 valence electrons. The van der Waals surface area contributed by atoms with Crippen LogP contribution in [0.2, 0.25) is 0 Å². The van der Waals surface area contributed by atoms with E-state index in [9.17, 15) is 9.18 Å². The molecule has 0 unspecified atom stereocenters. The van der Waals surface area contributed by atoms with Gasteiger partial charge >= 0.3 is 0 Å². The molecule has 0 saturated carbocycles. The monoisotopic (exact) mass is 336 g/mol. The average molecular weight is 336 g/mol. The van der Waals surface area contributed by atoms with Crippen LogP contribution in [0.4, 0.5) is 4.39 Å². The molecule has 0 aliphatic carbocycles. The minimum Gasteiger partial charge on any atom is -0.494 e. The standard InChI is InChI=1S/C17H25FN4O2/c1-3-19-17(21-12-16(23)22-8-4-5-9-22)20-11-13-6-7-15(24-2)14(18)10-13/h6-7,10H,3-5,8-9,11-12H2,1-2H3,(H2,19,20,21). The van der Waals surface area contributed by atoms with Crippen LogP contribution in [0.3, 0.4) is 0 Å². The molecule has 7 heteroatoms. The lowest BCUT2D eigenvalue weighted by Crippen LogP contribution is -2.44. The van der Waals surface area contributed by atoms with Gasteiger partial charge in [0.15, 0.2) is 17.5 Å². The normalized spacial score (nSPS) is 14.6. The van der Waals surface area contributed by atoms with Crippen molar-refractivity contribution in [2.75, 3.05) is 33.3 Å². The Balaban J connectivity index is 1.92. The van der Waals surface area contributed by atoms with Crippen molar-refractivity contribution in [2.45, 2.75) is 26.3 Å². The van der Waals surface area contributed by atoms with Gasteiger partial charge in [0.25, 0.3) is 0 Å². The SMILES string of the molecule is CCNC(=NCc1ccc(OC)c(F)c1)NCC(=O)N1CCCC1. The van der Waals surface area contributed by atoms with Crippen molar-refractivity contribution in [3.8, 4) is 5.75 Å². The zero-order valence-electron chi connectivity index (χ0n) is 14.3. The Morgan fingerprint density at radius 2 is 2.08 bits per heavy atom. The number of nitrogens with zero attached hydrogens (tertiary/aromatic N) is 2. The van der Waals surface area contributed by atoms with Gasteiger partial charge in [-0.05, 0) is 37.5 Å². The third-order valence-electron chi connectivity index (χ3n) is 3.85. The predicted molar refractivity (Wildman–Crippen MR) is 91.6 cm³/mol. The van der Waals surface area contributed by atoms with Gasteiger partial charge in [-0.1, -0.05) is 6.07 Å². The fourth-order valence-corrected chi connectivity index (χ4v) is 2.56. The summed E-state index contributed by atoms with van der Waals surface area (Å²) < 4.78 is 18.6. The zero-order valence-corrected chi connectivity index (χ0v) is 14.3. The summed E-state index contributed by atoms with van der Waals surface area (Å²) in [4.78, 5) is 18.3. The second-order valence-electron chi connectivity index (χ2n) is 5.61. The number of amides is 1. The molecule has 1 aliphatic rings. The lowest BCUT2D eigenvalue weighted by atomic mass is 10.2. The summed E-state index contributed by atoms with van der Waals surface area (Å²) in [6.07, 6.45) is 2.14. The van der Waals surface area contributed by atoms with Gasteiger partial charge in [-0.2, -0.15) is 0 Å². The largest absolute Gasteiger partial charge is 0.494 e. The lowest BCUT2D eigenvalue weighted by molar-refractivity contribution is -0.128. The van der Waals surface area contributed by atoms with E-state index in [2.05, 4.69) is 15.6 Å². The summed E-state index contributed by atoms with van der Waals surface area (Å²) in [5.41, 5.74) is 0.733. The highest BCUT2D eigenvalue weighted by Gasteiger charge is 2.17. The third-order valence-corrected chi connectivity index (χ3v) is 3.85. The van der Waals surface area contributed by atoms with Crippen LogP contribution in [-0.2, 0) is 11.3 Å². The number of methoxy groups -OCH3 is 1. The van der Waals surface area contributed by atoms with Crippen molar-refractivity contribution in [1.29, 1.82) is 0 Å². The van der Waals surface area contributed by atoms with Crippen LogP contribution in [0.25, 0.3) is 0 Å². The molecule has 6 nitrogen and oxygen atoms in total. The number of carbonyl (C=O) groups excluding carboxylic acids is 1. The van der Waals surface area contributed by atoms with E-state index in [0.717, 1.165) is 31.5 Å². The molecule has 1 aliphatic heterocycles. The molecule has 0 atom stereocenters. The first kappa shape index (κ1) is 18.0. The van der Waals surface area contributed by atoms with Crippen molar-refractivity contribution in [2.24, 2.45) is 4.99 Å². The molecule has 1 saturated heterocycles. The number of ether oxygens (including phenoxy) is 1. The van der Waals surface area contributed by atoms with Crippen LogP contribution in [-0.4, -0.2) is 50.1 Å². The van der Waals surface area contributed by atoms with Gasteiger partial charge in [0.05, 0.1) is 20.2 Å². The lowest BCUT2D eigenvalue weighted by Gasteiger charge is -2.17. The number of rotatable bonds is 6. The number of benzene rings is 1. The summed E-state index contributed by atoms with van der Waals surface area (Å²) in [6, 6.07) is 4.75. The van der Waals surface area contributed by atoms with Crippen LogP contribution in [0.15, 0.2) is 23.2 Å². The Labute approximate surface area is 142 Å². The molecule has 2 N–H and O–H groups in total. The third kappa shape index (κ3) is 5.11. The highest BCUT2D eigenvalue weighted by molar-refractivity contribution is 5.86. The van der Waals surface area contributed by atoms with Gasteiger partial charge in [-0.15, -0.1) is 0 Å². The van der Waals surface area contributed by atoms with E-state index in [1.807, 2.05) is 11.8 Å². The fraction of sp³-hybridized carbons (Fsp3) is 0.529. The Bertz CT molecular complexity index is 586. The molecular weight excluding hydrogens is 311 g/mol. The molecule has 2 rings (SSSR count). The summed E-state index contributed by atoms with van der Waals surface area (Å²) >= 11 is 0. The summed E-state index contributed by atoms with van der Waals surface area (Å²) in [6.45, 7) is 4.82. The average Bonchev–Trinajstić information content (AvgIpc) is 3.12. The Morgan fingerprint density at radius 3 is 2.71 bits per heavy atom. The van der Waals surface area contributed by atoms with E-state index in [4.69, 9.17) is 4.74 Å². The number of hydrogen-bond acceptors (Lipinski definition) is 3. The molecule has 0 spiro atoms. The Kier molecular flexibility index (Phi) is 6.84. The number of aliphatic imine (C=N–C) groups is 1. The summed E-state index contributed by atoms with van der Waals surface area (Å²) in [7, 11) is 1.43. The number of hydrogen-bond donors (Lipinski definition) is 2. The van der Waals surface area contributed by atoms with Crippen LogP contribution in [0.5, 0.6) is 5.75 Å². The van der Waals surface area contributed by atoms with Gasteiger partial charge in [-0.3, -0.25) is 4.79 Å². The second kappa shape index (κ2) is 9.10. The van der Waals surface area contributed by atoms with Crippen molar-refractivity contribution >= 4 is 11.9 Å². The minimum absolute atomic E-state index is 0.0774. The van der Waals surface area contributed by atoms with Gasteiger partial charge in [0.1, 0.15) is 0 Å². The number of carbonyl (C=O) groups is 1. The predicted octanol–water partition coefficient (Wildman–Crippen LogP) is 1.51. The summed E-state index contributed by atoms with van der Waals surface area (Å²) in [5, 5.41) is 6.12. The van der Waals surface area contributed by atoms with E-state index < -0.39 is 5.82 Å². The maximum atomic E-state index is 13.7. The maximum Gasteiger partial charge on any atom is 0.241 e. The first-order chi connectivity index (χ1) is 11.6. The number of likely N-dealkylation sites (tertiary alicyclic amines) is 1. The Morgan fingerprint density at radius 1 is 1.33 bits per heavy atom. The second-order valence-corrected chi connectivity index (χ2v) is 5.61. The first-order valence-electron chi connectivity index (χ1n) is 8.26. The first-order valence-corrected chi connectivity index (χ1v) is 8.26. The molecule has 0 bridgehead atoms. The molecule has 1 aromatic rings. The molecule has 1 amide bonds. The number of guanidine groups is 1. The van der Waals surface area contributed by atoms with Crippen LogP contribution in [0, 0.1) is 5.82 Å². The number of nitrogens with one attached hydrogen (secondary N) is 2. The summed E-state index contributed by atoms with van der Waals surface area (Å²) in [5.74, 6) is 0.422. The van der Waals surface area contributed by atoms with Crippen molar-refractivity contribution < 1.29 is 13.9 Å². The van der Waals surface area contributed by atoms with Crippen molar-refractivity contribution in [3.05, 3.63) is 29.6 Å². The highest BCUT2D eigenvalue weighted by atomic mass is 19.1. The van der Waals surface area contributed by atoms with Crippen molar-refractivity contribution in [3.63, 3.8) is 0 Å². The van der Waals surface area contributed by atoms with Crippen LogP contribution in [0.1, 0.15) is 25.3 Å². The number of halogens is 1. The van der Waals surface area contributed by atoms with Crippen LogP contribution >= 0.6 is 0 Å². The van der Waals surface area contributed by atoms with E-state index in [0.29, 0.717) is 19.0 Å². The molecular formula is C17H25FN4O2. The van der Waals surface area contributed by atoms with Gasteiger partial charge in [0.2, 0.25) is 5.91 Å². The van der Waals surface area contributed by atoms with E-state index in [1.165, 1.54) is 13.2 Å².